The number of ether oxygens (including phenoxy) is 2. The van der Waals surface area contributed by atoms with Gasteiger partial charge in [0.15, 0.2) is 11.5 Å². The number of hydrogen-bond donors (Lipinski definition) is 2. The minimum Gasteiger partial charge on any atom is -0.490 e. The van der Waals surface area contributed by atoms with E-state index in [1.807, 2.05) is 13.8 Å². The zero-order valence-corrected chi connectivity index (χ0v) is 13.5. The number of nitrogens with two attached hydrogens (primary N) is 1. The Balaban J connectivity index is 0.00000400. The quantitative estimate of drug-likeness (QED) is 0.686. The molecule has 1 aromatic rings. The molecule has 1 aromatic carbocycles. The average molecular weight is 317 g/mol. The molecule has 0 spiro atoms. The number of benzene rings is 1. The van der Waals surface area contributed by atoms with Crippen molar-refractivity contribution in [3.63, 3.8) is 0 Å². The molecule has 0 bridgehead atoms. The Morgan fingerprint density at radius 2 is 1.81 bits per heavy atom. The van der Waals surface area contributed by atoms with Crippen molar-refractivity contribution in [1.82, 2.24) is 5.32 Å². The molecule has 0 radical (unpaired) electrons. The van der Waals surface area contributed by atoms with E-state index in [1.54, 1.807) is 18.2 Å². The molecule has 1 amide bonds. The fourth-order valence-electron chi connectivity index (χ4n) is 1.77. The van der Waals surface area contributed by atoms with E-state index >= 15 is 0 Å². The number of unbranched alkanes of at least 4 members (excludes halogenated alkanes) is 1. The topological polar surface area (TPSA) is 73.6 Å². The number of hydrogen-bond acceptors (Lipinski definition) is 4. The van der Waals surface area contributed by atoms with E-state index in [4.69, 9.17) is 15.2 Å². The average Bonchev–Trinajstić information content (AvgIpc) is 2.45. The van der Waals surface area contributed by atoms with Crippen molar-refractivity contribution >= 4 is 18.3 Å². The van der Waals surface area contributed by atoms with Gasteiger partial charge < -0.3 is 20.5 Å². The number of nitrogens with one attached hydrogen (secondary N) is 1. The van der Waals surface area contributed by atoms with Crippen molar-refractivity contribution in [2.24, 2.45) is 5.73 Å². The predicted molar refractivity (Wildman–Crippen MR) is 86.6 cm³/mol. The van der Waals surface area contributed by atoms with Gasteiger partial charge in [0.2, 0.25) is 0 Å². The first kappa shape index (κ1) is 19.5. The van der Waals surface area contributed by atoms with Crippen molar-refractivity contribution in [1.29, 1.82) is 0 Å². The van der Waals surface area contributed by atoms with Crippen LogP contribution in [-0.4, -0.2) is 32.2 Å². The summed E-state index contributed by atoms with van der Waals surface area (Å²) in [7, 11) is 0. The van der Waals surface area contributed by atoms with E-state index in [0.29, 0.717) is 43.4 Å². The predicted octanol–water partition coefficient (Wildman–Crippen LogP) is 2.37. The first-order valence-electron chi connectivity index (χ1n) is 7.10. The number of carbonyl (C=O) groups excluding carboxylic acids is 1. The van der Waals surface area contributed by atoms with Crippen LogP contribution in [0.15, 0.2) is 18.2 Å². The molecule has 1 rings (SSSR count). The Morgan fingerprint density at radius 3 is 2.43 bits per heavy atom. The summed E-state index contributed by atoms with van der Waals surface area (Å²) in [5.41, 5.74) is 5.99. The number of carbonyl (C=O) groups is 1. The summed E-state index contributed by atoms with van der Waals surface area (Å²) >= 11 is 0. The Kier molecular flexibility index (Phi) is 10.4. The third-order valence-electron chi connectivity index (χ3n) is 2.72. The molecule has 6 heteroatoms. The highest BCUT2D eigenvalue weighted by molar-refractivity contribution is 5.94. The number of amides is 1. The molecule has 0 saturated heterocycles. The number of halogens is 1. The summed E-state index contributed by atoms with van der Waals surface area (Å²) in [5.74, 6) is 1.16. The molecule has 0 heterocycles. The molecule has 0 unspecified atom stereocenters. The summed E-state index contributed by atoms with van der Waals surface area (Å²) in [4.78, 5) is 12.0. The van der Waals surface area contributed by atoms with Gasteiger partial charge in [-0.3, -0.25) is 4.79 Å². The molecule has 0 fully saturated rings. The van der Waals surface area contributed by atoms with Crippen molar-refractivity contribution in [3.05, 3.63) is 23.8 Å². The summed E-state index contributed by atoms with van der Waals surface area (Å²) in [5, 5.41) is 2.86. The van der Waals surface area contributed by atoms with Crippen LogP contribution in [0.3, 0.4) is 0 Å². The standard InChI is InChI=1S/C15H24N2O3.ClH/c1-3-19-13-8-7-12(11-14(13)20-4-2)15(18)17-10-6-5-9-16;/h7-8,11H,3-6,9-10,16H2,1-2H3,(H,17,18);1H. The zero-order valence-electron chi connectivity index (χ0n) is 12.7. The van der Waals surface area contributed by atoms with E-state index in [1.165, 1.54) is 0 Å². The van der Waals surface area contributed by atoms with Crippen molar-refractivity contribution in [3.8, 4) is 11.5 Å². The lowest BCUT2D eigenvalue weighted by atomic mass is 10.2. The first-order chi connectivity index (χ1) is 9.72. The minimum atomic E-state index is -0.106. The fourth-order valence-corrected chi connectivity index (χ4v) is 1.77. The third kappa shape index (κ3) is 6.69. The highest BCUT2D eigenvalue weighted by Gasteiger charge is 2.10. The van der Waals surface area contributed by atoms with Gasteiger partial charge >= 0.3 is 0 Å². The maximum Gasteiger partial charge on any atom is 0.251 e. The van der Waals surface area contributed by atoms with E-state index in [-0.39, 0.29) is 18.3 Å². The molecule has 0 aliphatic heterocycles. The van der Waals surface area contributed by atoms with Crippen LogP contribution in [0, 0.1) is 0 Å². The molecule has 0 aliphatic rings. The van der Waals surface area contributed by atoms with Crippen LogP contribution in [0.4, 0.5) is 0 Å². The lowest BCUT2D eigenvalue weighted by Gasteiger charge is -2.12. The van der Waals surface area contributed by atoms with Crippen LogP contribution in [0.5, 0.6) is 11.5 Å². The Labute approximate surface area is 132 Å². The Hall–Kier alpha value is -1.46. The maximum absolute atomic E-state index is 12.0. The highest BCUT2D eigenvalue weighted by Crippen LogP contribution is 2.28. The van der Waals surface area contributed by atoms with E-state index in [2.05, 4.69) is 5.32 Å². The van der Waals surface area contributed by atoms with Crippen LogP contribution in [0.2, 0.25) is 0 Å². The summed E-state index contributed by atoms with van der Waals surface area (Å²) in [6.45, 7) is 6.18. The lowest BCUT2D eigenvalue weighted by molar-refractivity contribution is 0.0952. The zero-order chi connectivity index (χ0) is 14.8. The van der Waals surface area contributed by atoms with Crippen LogP contribution in [-0.2, 0) is 0 Å². The van der Waals surface area contributed by atoms with Crippen LogP contribution in [0.25, 0.3) is 0 Å². The van der Waals surface area contributed by atoms with Gasteiger partial charge in [-0.2, -0.15) is 0 Å². The number of rotatable bonds is 9. The molecule has 0 aliphatic carbocycles. The SMILES string of the molecule is CCOc1ccc(C(=O)NCCCCN)cc1OCC.Cl. The fraction of sp³-hybridized carbons (Fsp3) is 0.533. The summed E-state index contributed by atoms with van der Waals surface area (Å²) < 4.78 is 11.0. The minimum absolute atomic E-state index is 0. The second-order valence-electron chi connectivity index (χ2n) is 4.28. The van der Waals surface area contributed by atoms with Gasteiger partial charge in [-0.1, -0.05) is 0 Å². The highest BCUT2D eigenvalue weighted by atomic mass is 35.5. The van der Waals surface area contributed by atoms with Crippen LogP contribution in [0.1, 0.15) is 37.0 Å². The monoisotopic (exact) mass is 316 g/mol. The van der Waals surface area contributed by atoms with Crippen molar-refractivity contribution in [2.75, 3.05) is 26.3 Å². The van der Waals surface area contributed by atoms with E-state index < -0.39 is 0 Å². The third-order valence-corrected chi connectivity index (χ3v) is 2.72. The molecule has 3 N–H and O–H groups in total. The molecule has 5 nitrogen and oxygen atoms in total. The van der Waals surface area contributed by atoms with Gasteiger partial charge in [0.25, 0.3) is 5.91 Å². The first-order valence-corrected chi connectivity index (χ1v) is 7.10. The molecule has 0 aromatic heterocycles. The van der Waals surface area contributed by atoms with Crippen LogP contribution < -0.4 is 20.5 Å². The van der Waals surface area contributed by atoms with E-state index in [0.717, 1.165) is 12.8 Å². The van der Waals surface area contributed by atoms with Gasteiger partial charge in [-0.05, 0) is 51.4 Å². The summed E-state index contributed by atoms with van der Waals surface area (Å²) in [6.07, 6.45) is 1.80. The molecule has 0 atom stereocenters. The van der Waals surface area contributed by atoms with Crippen molar-refractivity contribution < 1.29 is 14.3 Å². The largest absolute Gasteiger partial charge is 0.490 e. The normalized spacial score (nSPS) is 9.67. The van der Waals surface area contributed by atoms with Gasteiger partial charge in [-0.15, -0.1) is 12.4 Å². The van der Waals surface area contributed by atoms with Crippen LogP contribution >= 0.6 is 12.4 Å². The summed E-state index contributed by atoms with van der Waals surface area (Å²) in [6, 6.07) is 5.22. The second kappa shape index (κ2) is 11.2. The van der Waals surface area contributed by atoms with Gasteiger partial charge in [0.1, 0.15) is 0 Å². The maximum atomic E-state index is 12.0. The Bertz CT molecular complexity index is 427. The molecular weight excluding hydrogens is 292 g/mol. The van der Waals surface area contributed by atoms with Gasteiger partial charge in [-0.25, -0.2) is 0 Å². The van der Waals surface area contributed by atoms with Gasteiger partial charge in [0, 0.05) is 12.1 Å². The molecule has 120 valence electrons. The molecule has 21 heavy (non-hydrogen) atoms. The van der Waals surface area contributed by atoms with Gasteiger partial charge in [0.05, 0.1) is 13.2 Å². The Morgan fingerprint density at radius 1 is 1.14 bits per heavy atom. The molecule has 0 saturated carbocycles. The molecular formula is C15H25ClN2O3. The lowest BCUT2D eigenvalue weighted by Crippen LogP contribution is -2.24. The van der Waals surface area contributed by atoms with E-state index in [9.17, 15) is 4.79 Å². The smallest absolute Gasteiger partial charge is 0.251 e. The second-order valence-corrected chi connectivity index (χ2v) is 4.28. The van der Waals surface area contributed by atoms with Crippen molar-refractivity contribution in [2.45, 2.75) is 26.7 Å².